The number of hydrogen-bond donors (Lipinski definition) is 0. The maximum Gasteiger partial charge on any atom is 0.187 e. The molecule has 3 nitrogen and oxygen atoms in total. The van der Waals surface area contributed by atoms with Crippen molar-refractivity contribution < 1.29 is 4.79 Å². The fourth-order valence-corrected chi connectivity index (χ4v) is 3.07. The smallest absolute Gasteiger partial charge is 0.187 e. The molecular formula is C18H22N2O. The summed E-state index contributed by atoms with van der Waals surface area (Å²) >= 11 is 0. The van der Waals surface area contributed by atoms with Crippen molar-refractivity contribution in [1.29, 1.82) is 0 Å². The molecule has 1 aromatic carbocycles. The molecule has 1 aliphatic heterocycles. The van der Waals surface area contributed by atoms with Crippen molar-refractivity contribution in [3.8, 4) is 0 Å². The van der Waals surface area contributed by atoms with Gasteiger partial charge in [-0.3, -0.25) is 4.79 Å². The normalized spacial score (nSPS) is 17.8. The van der Waals surface area contributed by atoms with E-state index in [1.165, 1.54) is 0 Å². The predicted octanol–water partition coefficient (Wildman–Crippen LogP) is 3.26. The minimum atomic E-state index is 0.116. The van der Waals surface area contributed by atoms with E-state index >= 15 is 0 Å². The van der Waals surface area contributed by atoms with Crippen molar-refractivity contribution >= 4 is 16.7 Å². The van der Waals surface area contributed by atoms with Gasteiger partial charge in [0.15, 0.2) is 5.78 Å². The van der Waals surface area contributed by atoms with Crippen LogP contribution >= 0.6 is 0 Å². The van der Waals surface area contributed by atoms with Gasteiger partial charge >= 0.3 is 0 Å². The van der Waals surface area contributed by atoms with E-state index in [4.69, 9.17) is 0 Å². The quantitative estimate of drug-likeness (QED) is 0.638. The van der Waals surface area contributed by atoms with Crippen LogP contribution in [0.3, 0.4) is 0 Å². The monoisotopic (exact) mass is 282 g/mol. The average Bonchev–Trinajstić information content (AvgIpc) is 2.84. The molecular weight excluding hydrogens is 260 g/mol. The van der Waals surface area contributed by atoms with E-state index < -0.39 is 0 Å². The Morgan fingerprint density at radius 2 is 1.90 bits per heavy atom. The average molecular weight is 282 g/mol. The first-order valence-corrected chi connectivity index (χ1v) is 7.60. The van der Waals surface area contributed by atoms with E-state index in [-0.39, 0.29) is 5.78 Å². The van der Waals surface area contributed by atoms with Gasteiger partial charge < -0.3 is 9.47 Å². The zero-order valence-corrected chi connectivity index (χ0v) is 12.7. The predicted molar refractivity (Wildman–Crippen MR) is 86.6 cm³/mol. The summed E-state index contributed by atoms with van der Waals surface area (Å²) in [7, 11) is 4.14. The van der Waals surface area contributed by atoms with Crippen molar-refractivity contribution in [2.45, 2.75) is 12.8 Å². The molecule has 0 N–H and O–H groups in total. The summed E-state index contributed by atoms with van der Waals surface area (Å²) in [5, 5.41) is 1.04. The van der Waals surface area contributed by atoms with Gasteiger partial charge in [0.05, 0.1) is 0 Å². The fourth-order valence-electron chi connectivity index (χ4n) is 3.07. The number of hydrogen-bond acceptors (Lipinski definition) is 2. The third-order valence-corrected chi connectivity index (χ3v) is 4.45. The summed E-state index contributed by atoms with van der Waals surface area (Å²) in [5.41, 5.74) is 1.91. The molecule has 0 atom stereocenters. The van der Waals surface area contributed by atoms with Gasteiger partial charge in [-0.1, -0.05) is 24.3 Å². The van der Waals surface area contributed by atoms with Gasteiger partial charge in [0.2, 0.25) is 0 Å². The molecule has 2 heterocycles. The number of carbonyl (C=O) groups excluding carboxylic acids is 1. The second-order valence-electron chi connectivity index (χ2n) is 6.03. The van der Waals surface area contributed by atoms with Crippen LogP contribution in [-0.4, -0.2) is 35.4 Å². The Morgan fingerprint density at radius 3 is 2.67 bits per heavy atom. The summed E-state index contributed by atoms with van der Waals surface area (Å²) in [6.07, 6.45) is 8.12. The molecule has 3 heteroatoms. The number of para-hydroxylation sites is 1. The molecule has 0 amide bonds. The summed E-state index contributed by atoms with van der Waals surface area (Å²) in [4.78, 5) is 14.8. The number of aryl methyl sites for hydroxylation is 1. The van der Waals surface area contributed by atoms with Gasteiger partial charge in [0.25, 0.3) is 0 Å². The van der Waals surface area contributed by atoms with Crippen molar-refractivity contribution in [3.63, 3.8) is 0 Å². The van der Waals surface area contributed by atoms with Crippen molar-refractivity contribution in [1.82, 2.24) is 9.47 Å². The van der Waals surface area contributed by atoms with Crippen molar-refractivity contribution in [2.24, 2.45) is 13.0 Å². The largest absolute Gasteiger partial charge is 0.350 e. The first-order valence-electron chi connectivity index (χ1n) is 7.60. The molecule has 0 unspecified atom stereocenters. The van der Waals surface area contributed by atoms with Crippen molar-refractivity contribution in [2.75, 3.05) is 20.1 Å². The molecule has 21 heavy (non-hydrogen) atoms. The minimum absolute atomic E-state index is 0.116. The molecule has 110 valence electrons. The Labute approximate surface area is 125 Å². The zero-order chi connectivity index (χ0) is 14.8. The number of allylic oxidation sites excluding steroid dienone is 2. The number of aromatic nitrogens is 1. The van der Waals surface area contributed by atoms with Crippen LogP contribution in [-0.2, 0) is 7.05 Å². The Morgan fingerprint density at radius 1 is 1.19 bits per heavy atom. The molecule has 1 aromatic heterocycles. The standard InChI is InChI=1S/C18H22N2O/c1-19-11-9-14(10-12-19)7-8-18(21)16-13-20(2)17-6-4-3-5-15(16)17/h3-8,13-14H,9-12H2,1-2H3. The summed E-state index contributed by atoms with van der Waals surface area (Å²) < 4.78 is 2.02. The highest BCUT2D eigenvalue weighted by molar-refractivity contribution is 6.13. The molecule has 1 aliphatic rings. The Balaban J connectivity index is 1.78. The number of fused-ring (bicyclic) bond motifs is 1. The van der Waals surface area contributed by atoms with Gasteiger partial charge in [0, 0.05) is 29.7 Å². The number of rotatable bonds is 3. The number of carbonyl (C=O) groups is 1. The summed E-state index contributed by atoms with van der Waals surface area (Å²) in [6.45, 7) is 2.24. The third kappa shape index (κ3) is 2.93. The van der Waals surface area contributed by atoms with E-state index in [1.54, 1.807) is 6.08 Å². The van der Waals surface area contributed by atoms with E-state index in [2.05, 4.69) is 18.0 Å². The van der Waals surface area contributed by atoms with Crippen molar-refractivity contribution in [3.05, 3.63) is 48.2 Å². The number of ketones is 1. The van der Waals surface area contributed by atoms with Crippen LogP contribution in [0.2, 0.25) is 0 Å². The molecule has 0 saturated carbocycles. The Bertz CT molecular complexity index is 676. The number of likely N-dealkylation sites (tertiary alicyclic amines) is 1. The molecule has 0 radical (unpaired) electrons. The van der Waals surface area contributed by atoms with E-state index in [0.29, 0.717) is 5.92 Å². The van der Waals surface area contributed by atoms with Gasteiger partial charge in [-0.05, 0) is 51.0 Å². The first-order chi connectivity index (χ1) is 10.1. The SMILES string of the molecule is CN1CCC(C=CC(=O)c2cn(C)c3ccccc23)CC1. The Hall–Kier alpha value is -1.87. The second kappa shape index (κ2) is 5.86. The zero-order valence-electron chi connectivity index (χ0n) is 12.7. The molecule has 1 fully saturated rings. The van der Waals surface area contributed by atoms with Gasteiger partial charge in [-0.15, -0.1) is 0 Å². The lowest BCUT2D eigenvalue weighted by molar-refractivity contribution is 0.104. The lowest BCUT2D eigenvalue weighted by Crippen LogP contribution is -2.29. The maximum atomic E-state index is 12.5. The molecule has 0 spiro atoms. The van der Waals surface area contributed by atoms with Gasteiger partial charge in [-0.25, -0.2) is 0 Å². The highest BCUT2D eigenvalue weighted by Gasteiger charge is 2.15. The van der Waals surface area contributed by atoms with Crippen LogP contribution in [0.1, 0.15) is 23.2 Å². The van der Waals surface area contributed by atoms with Crippen LogP contribution in [0.25, 0.3) is 10.9 Å². The van der Waals surface area contributed by atoms with Crippen LogP contribution in [0.5, 0.6) is 0 Å². The topological polar surface area (TPSA) is 25.2 Å². The van der Waals surface area contributed by atoms with Crippen LogP contribution in [0, 0.1) is 5.92 Å². The minimum Gasteiger partial charge on any atom is -0.350 e. The van der Waals surface area contributed by atoms with Crippen LogP contribution < -0.4 is 0 Å². The maximum absolute atomic E-state index is 12.5. The lowest BCUT2D eigenvalue weighted by atomic mass is 9.96. The molecule has 0 aliphatic carbocycles. The molecule has 1 saturated heterocycles. The lowest BCUT2D eigenvalue weighted by Gasteiger charge is -2.26. The Kier molecular flexibility index (Phi) is 3.93. The fraction of sp³-hybridized carbons (Fsp3) is 0.389. The van der Waals surface area contributed by atoms with Crippen LogP contribution in [0.4, 0.5) is 0 Å². The molecule has 3 rings (SSSR count). The number of nitrogens with zero attached hydrogens (tertiary/aromatic N) is 2. The third-order valence-electron chi connectivity index (χ3n) is 4.45. The second-order valence-corrected chi connectivity index (χ2v) is 6.03. The first kappa shape index (κ1) is 14.1. The summed E-state index contributed by atoms with van der Waals surface area (Å²) in [5.74, 6) is 0.658. The summed E-state index contributed by atoms with van der Waals surface area (Å²) in [6, 6.07) is 8.06. The number of piperidine rings is 1. The van der Waals surface area contributed by atoms with E-state index in [9.17, 15) is 4.79 Å². The van der Waals surface area contributed by atoms with E-state index in [1.807, 2.05) is 42.1 Å². The van der Waals surface area contributed by atoms with Crippen LogP contribution in [0.15, 0.2) is 42.6 Å². The molecule has 0 bridgehead atoms. The molecule has 2 aromatic rings. The van der Waals surface area contributed by atoms with Gasteiger partial charge in [-0.2, -0.15) is 0 Å². The number of benzene rings is 1. The van der Waals surface area contributed by atoms with E-state index in [0.717, 1.165) is 42.4 Å². The highest BCUT2D eigenvalue weighted by atomic mass is 16.1. The highest BCUT2D eigenvalue weighted by Crippen LogP contribution is 2.22. The van der Waals surface area contributed by atoms with Gasteiger partial charge in [0.1, 0.15) is 0 Å².